The number of nitrogens with zero attached hydrogens (tertiary/aromatic N) is 4. The third-order valence-electron chi connectivity index (χ3n) is 10.3. The summed E-state index contributed by atoms with van der Waals surface area (Å²) in [7, 11) is -4.70. The quantitative estimate of drug-likeness (QED) is 0.0427. The highest BCUT2D eigenvalue weighted by Crippen LogP contribution is 2.48. The molecule has 0 bridgehead atoms. The van der Waals surface area contributed by atoms with E-state index in [1.165, 1.54) is 107 Å². The summed E-state index contributed by atoms with van der Waals surface area (Å²) in [5.41, 5.74) is 5.84. The average Bonchev–Trinajstić information content (AvgIpc) is 3.70. The Hall–Kier alpha value is -2.99. The van der Waals surface area contributed by atoms with Gasteiger partial charge in [0.25, 0.3) is 0 Å². The van der Waals surface area contributed by atoms with Crippen molar-refractivity contribution in [1.82, 2.24) is 14.6 Å². The molecule has 3 aromatic rings. The maximum absolute atomic E-state index is 14.1. The van der Waals surface area contributed by atoms with E-state index in [0.29, 0.717) is 23.2 Å². The highest BCUT2D eigenvalue weighted by Gasteiger charge is 2.53. The first-order chi connectivity index (χ1) is 26.5. The molecular formula is C40H61FN5O8P. The molecule has 1 aromatic carbocycles. The number of benzene rings is 1. The molecule has 5 N–H and O–H groups in total. The van der Waals surface area contributed by atoms with Gasteiger partial charge in [0.2, 0.25) is 0 Å². The second-order valence-corrected chi connectivity index (χ2v) is 16.5. The fraction of sp³-hybridized carbons (Fsp3) is 0.675. The van der Waals surface area contributed by atoms with E-state index in [9.17, 15) is 29.3 Å². The van der Waals surface area contributed by atoms with Crippen molar-refractivity contribution >= 4 is 19.2 Å². The van der Waals surface area contributed by atoms with Crippen molar-refractivity contribution in [2.75, 3.05) is 18.9 Å². The van der Waals surface area contributed by atoms with Crippen LogP contribution in [0.2, 0.25) is 0 Å². The summed E-state index contributed by atoms with van der Waals surface area (Å²) in [6, 6.07) is 9.17. The van der Waals surface area contributed by atoms with Gasteiger partial charge < -0.3 is 30.3 Å². The monoisotopic (exact) mass is 789 g/mol. The summed E-state index contributed by atoms with van der Waals surface area (Å²) >= 11 is 0. The summed E-state index contributed by atoms with van der Waals surface area (Å²) in [5, 5.41) is 35.2. The number of aliphatic hydroxyl groups excluding tert-OH is 2. The van der Waals surface area contributed by atoms with Crippen LogP contribution in [0.25, 0.3) is 5.52 Å². The minimum absolute atomic E-state index is 0.0295. The van der Waals surface area contributed by atoms with Crippen molar-refractivity contribution < 1.29 is 42.6 Å². The number of rotatable bonds is 27. The Labute approximate surface area is 325 Å². The Morgan fingerprint density at radius 2 is 1.60 bits per heavy atom. The molecule has 4 rings (SSSR count). The predicted octanol–water partition coefficient (Wildman–Crippen LogP) is 8.24. The number of nitriles is 1. The zero-order valence-corrected chi connectivity index (χ0v) is 33.4. The maximum Gasteiger partial charge on any atom is 0.472 e. The van der Waals surface area contributed by atoms with Gasteiger partial charge in [0.1, 0.15) is 41.6 Å². The van der Waals surface area contributed by atoms with E-state index in [1.54, 1.807) is 12.1 Å². The molecule has 55 heavy (non-hydrogen) atoms. The number of phosphoric ester groups is 1. The Bertz CT molecular complexity index is 1690. The van der Waals surface area contributed by atoms with Crippen molar-refractivity contribution in [1.29, 1.82) is 5.26 Å². The molecule has 3 heterocycles. The molecule has 15 heteroatoms. The fourth-order valence-electron chi connectivity index (χ4n) is 7.07. The first kappa shape index (κ1) is 44.7. The largest absolute Gasteiger partial charge is 0.472 e. The number of nitrogens with two attached hydrogens (primary N) is 1. The van der Waals surface area contributed by atoms with Gasteiger partial charge >= 0.3 is 7.82 Å². The molecule has 1 fully saturated rings. The lowest BCUT2D eigenvalue weighted by Crippen LogP contribution is -2.44. The lowest BCUT2D eigenvalue weighted by molar-refractivity contribution is -0.101. The van der Waals surface area contributed by atoms with Crippen LogP contribution in [0, 0.1) is 17.1 Å². The van der Waals surface area contributed by atoms with Gasteiger partial charge in [-0.1, -0.05) is 110 Å². The Kier molecular flexibility index (Phi) is 18.4. The summed E-state index contributed by atoms with van der Waals surface area (Å²) in [6.07, 6.45) is 17.0. The number of anilines is 1. The molecule has 2 aromatic heterocycles. The third kappa shape index (κ3) is 14.2. The number of aliphatic hydroxyl groups is 2. The summed E-state index contributed by atoms with van der Waals surface area (Å²) < 4.78 is 51.3. The molecule has 13 nitrogen and oxygen atoms in total. The van der Waals surface area contributed by atoms with Gasteiger partial charge in [0, 0.05) is 0 Å². The SMILES string of the molecule is CCCCCCCCCCCCCCCCCC[C@@H](COP(=O)(O)OC[C@@]1(C)O[C@@H](c2ccc3c(N)ncnn23)[C@H](O)[C@@H]1O)OCc1cc(F)cc(C#N)c1. The number of halogens is 1. The van der Waals surface area contributed by atoms with Gasteiger partial charge in [-0.05, 0) is 49.2 Å². The second kappa shape index (κ2) is 22.7. The Morgan fingerprint density at radius 1 is 0.982 bits per heavy atom. The first-order valence-electron chi connectivity index (χ1n) is 20.0. The van der Waals surface area contributed by atoms with Crippen LogP contribution in [0.3, 0.4) is 0 Å². The van der Waals surface area contributed by atoms with Crippen LogP contribution < -0.4 is 5.73 Å². The number of phosphoric acid groups is 1. The van der Waals surface area contributed by atoms with Crippen molar-refractivity contribution in [3.8, 4) is 6.07 Å². The Balaban J connectivity index is 1.22. The van der Waals surface area contributed by atoms with E-state index in [-0.39, 0.29) is 24.6 Å². The molecular weight excluding hydrogens is 728 g/mol. The predicted molar refractivity (Wildman–Crippen MR) is 207 cm³/mol. The number of aromatic nitrogens is 3. The zero-order valence-electron chi connectivity index (χ0n) is 32.5. The lowest BCUT2D eigenvalue weighted by Gasteiger charge is -2.28. The van der Waals surface area contributed by atoms with Crippen LogP contribution in [0.5, 0.6) is 0 Å². The zero-order chi connectivity index (χ0) is 39.7. The molecule has 1 aliphatic heterocycles. The molecule has 1 unspecified atom stereocenters. The summed E-state index contributed by atoms with van der Waals surface area (Å²) in [5.74, 6) is -0.338. The number of unbranched alkanes of at least 4 members (excludes halogenated alkanes) is 15. The van der Waals surface area contributed by atoms with E-state index < -0.39 is 50.3 Å². The summed E-state index contributed by atoms with van der Waals surface area (Å²) in [6.45, 7) is 2.80. The van der Waals surface area contributed by atoms with Crippen molar-refractivity contribution in [2.45, 2.75) is 160 Å². The van der Waals surface area contributed by atoms with Gasteiger partial charge in [-0.3, -0.25) is 9.05 Å². The Morgan fingerprint density at radius 3 is 2.22 bits per heavy atom. The molecule has 0 spiro atoms. The normalized spacial score (nSPS) is 21.5. The summed E-state index contributed by atoms with van der Waals surface area (Å²) in [4.78, 5) is 14.6. The van der Waals surface area contributed by atoms with Gasteiger partial charge in [-0.15, -0.1) is 0 Å². The topological polar surface area (TPSA) is 195 Å². The van der Waals surface area contributed by atoms with Crippen LogP contribution >= 0.6 is 7.82 Å². The molecule has 1 aliphatic rings. The highest BCUT2D eigenvalue weighted by molar-refractivity contribution is 7.47. The lowest BCUT2D eigenvalue weighted by atomic mass is 9.97. The van der Waals surface area contributed by atoms with Gasteiger partial charge in [0.15, 0.2) is 5.82 Å². The highest BCUT2D eigenvalue weighted by atomic mass is 31.2. The van der Waals surface area contributed by atoms with Gasteiger partial charge in [-0.25, -0.2) is 18.5 Å². The smallest absolute Gasteiger partial charge is 0.387 e. The molecule has 0 radical (unpaired) electrons. The van der Waals surface area contributed by atoms with Crippen LogP contribution in [0.15, 0.2) is 36.7 Å². The first-order valence-corrected chi connectivity index (χ1v) is 21.5. The molecule has 0 saturated carbocycles. The number of fused-ring (bicyclic) bond motifs is 1. The maximum atomic E-state index is 14.1. The fourth-order valence-corrected chi connectivity index (χ4v) is 7.92. The standard InChI is InChI=1S/C40H61FN5O8P/c1-3-4-5-6-7-8-9-10-11-12-13-14-15-16-17-18-19-33(51-26-31-22-30(25-42)23-32(41)24-31)27-52-55(49,50)53-28-40(2)38(48)36(47)37(54-40)34-20-21-35-39(43)44-29-45-46(34)35/h20-24,29,33,36-38,47-48H,3-19,26-28H2,1-2H3,(H,49,50)(H2,43,44,45)/t33-,36-,37-,38-,40+/m0/s1. The van der Waals surface area contributed by atoms with Crippen LogP contribution in [0.4, 0.5) is 10.2 Å². The third-order valence-corrected chi connectivity index (χ3v) is 11.3. The molecule has 6 atom stereocenters. The number of ether oxygens (including phenoxy) is 2. The molecule has 306 valence electrons. The van der Waals surface area contributed by atoms with E-state index in [2.05, 4.69) is 17.0 Å². The van der Waals surface area contributed by atoms with Gasteiger partial charge in [-0.2, -0.15) is 10.4 Å². The second-order valence-electron chi connectivity index (χ2n) is 15.0. The van der Waals surface area contributed by atoms with Crippen LogP contribution in [0.1, 0.15) is 146 Å². The van der Waals surface area contributed by atoms with E-state index in [0.717, 1.165) is 31.7 Å². The minimum Gasteiger partial charge on any atom is -0.387 e. The van der Waals surface area contributed by atoms with E-state index in [1.807, 2.05) is 6.07 Å². The van der Waals surface area contributed by atoms with Gasteiger partial charge in [0.05, 0.1) is 43.3 Å². The van der Waals surface area contributed by atoms with Crippen molar-refractivity contribution in [3.05, 3.63) is 59.3 Å². The molecule has 1 saturated heterocycles. The van der Waals surface area contributed by atoms with Crippen molar-refractivity contribution in [3.63, 3.8) is 0 Å². The van der Waals surface area contributed by atoms with E-state index >= 15 is 0 Å². The average molecular weight is 790 g/mol. The van der Waals surface area contributed by atoms with Crippen molar-refractivity contribution in [2.24, 2.45) is 0 Å². The minimum atomic E-state index is -4.70. The number of hydrogen-bond acceptors (Lipinski definition) is 11. The molecule has 0 amide bonds. The molecule has 0 aliphatic carbocycles. The van der Waals surface area contributed by atoms with Crippen LogP contribution in [-0.2, 0) is 29.7 Å². The number of nitrogen functional groups attached to an aromatic ring is 1. The number of hydrogen-bond donors (Lipinski definition) is 4. The van der Waals surface area contributed by atoms with Crippen LogP contribution in [-0.4, -0.2) is 66.8 Å². The van der Waals surface area contributed by atoms with E-state index in [4.69, 9.17) is 24.3 Å².